The molecule has 2 rings (SSSR count). The Bertz CT molecular complexity index is 452. The van der Waals surface area contributed by atoms with Crippen LogP contribution in [0.25, 0.3) is 0 Å². The lowest BCUT2D eigenvalue weighted by Gasteiger charge is -2.02. The monoisotopic (exact) mass is 220 g/mol. The van der Waals surface area contributed by atoms with Crippen LogP contribution in [0.2, 0.25) is 0 Å². The molecule has 0 aliphatic heterocycles. The quantitative estimate of drug-likeness (QED) is 0.850. The van der Waals surface area contributed by atoms with Crippen molar-refractivity contribution in [2.75, 3.05) is 0 Å². The molecule has 5 heteroatoms. The molecule has 15 heavy (non-hydrogen) atoms. The summed E-state index contributed by atoms with van der Waals surface area (Å²) in [6.07, 6.45) is 1.69. The summed E-state index contributed by atoms with van der Waals surface area (Å²) in [5.74, 6) is 0. The Kier molecular flexibility index (Phi) is 3.03. The Balaban J connectivity index is 2.21. The first-order valence-electron chi connectivity index (χ1n) is 4.60. The van der Waals surface area contributed by atoms with Gasteiger partial charge in [0.1, 0.15) is 6.33 Å². The Labute approximate surface area is 92.5 Å². The summed E-state index contributed by atoms with van der Waals surface area (Å²) in [6, 6.07) is 8.12. The molecule has 0 unspecified atom stereocenters. The summed E-state index contributed by atoms with van der Waals surface area (Å²) in [7, 11) is 1.93. The molecular weight excluding hydrogens is 208 g/mol. The van der Waals surface area contributed by atoms with E-state index in [1.165, 1.54) is 0 Å². The van der Waals surface area contributed by atoms with Crippen molar-refractivity contribution < 1.29 is 0 Å². The van der Waals surface area contributed by atoms with Crippen molar-refractivity contribution >= 4 is 11.8 Å². The lowest BCUT2D eigenvalue weighted by Crippen LogP contribution is -1.95. The molecule has 4 nitrogen and oxygen atoms in total. The number of nitrogens with zero attached hydrogens (tertiary/aromatic N) is 3. The van der Waals surface area contributed by atoms with E-state index in [0.717, 1.165) is 15.6 Å². The Morgan fingerprint density at radius 1 is 1.47 bits per heavy atom. The van der Waals surface area contributed by atoms with Gasteiger partial charge in [0.2, 0.25) is 0 Å². The average molecular weight is 220 g/mol. The molecule has 0 spiro atoms. The van der Waals surface area contributed by atoms with Crippen molar-refractivity contribution in [3.8, 4) is 0 Å². The van der Waals surface area contributed by atoms with Crippen molar-refractivity contribution in [1.82, 2.24) is 14.8 Å². The first-order valence-corrected chi connectivity index (χ1v) is 5.42. The van der Waals surface area contributed by atoms with Gasteiger partial charge in [-0.2, -0.15) is 0 Å². The van der Waals surface area contributed by atoms with Gasteiger partial charge >= 0.3 is 0 Å². The maximum atomic E-state index is 5.58. The van der Waals surface area contributed by atoms with E-state index < -0.39 is 0 Å². The van der Waals surface area contributed by atoms with Crippen LogP contribution in [0.1, 0.15) is 5.56 Å². The van der Waals surface area contributed by atoms with Gasteiger partial charge in [-0.1, -0.05) is 12.1 Å². The molecule has 1 aromatic heterocycles. The topological polar surface area (TPSA) is 56.7 Å². The summed E-state index contributed by atoms with van der Waals surface area (Å²) in [6.45, 7) is 0.563. The van der Waals surface area contributed by atoms with Gasteiger partial charge in [0, 0.05) is 18.5 Å². The molecule has 0 amide bonds. The van der Waals surface area contributed by atoms with Crippen LogP contribution in [-0.2, 0) is 13.6 Å². The van der Waals surface area contributed by atoms with E-state index in [1.54, 1.807) is 18.1 Å². The minimum Gasteiger partial charge on any atom is -0.326 e. The number of hydrogen-bond donors (Lipinski definition) is 1. The second kappa shape index (κ2) is 4.46. The Hall–Kier alpha value is -1.33. The van der Waals surface area contributed by atoms with Crippen LogP contribution < -0.4 is 5.73 Å². The molecule has 78 valence electrons. The normalized spacial score (nSPS) is 10.5. The lowest BCUT2D eigenvalue weighted by atomic mass is 10.2. The number of aromatic nitrogens is 3. The molecule has 0 saturated heterocycles. The van der Waals surface area contributed by atoms with Gasteiger partial charge in [-0.25, -0.2) is 0 Å². The fourth-order valence-electron chi connectivity index (χ4n) is 1.21. The highest BCUT2D eigenvalue weighted by atomic mass is 32.2. The van der Waals surface area contributed by atoms with Gasteiger partial charge in [-0.3, -0.25) is 0 Å². The highest BCUT2D eigenvalue weighted by Crippen LogP contribution is 2.25. The molecule has 0 radical (unpaired) electrons. The van der Waals surface area contributed by atoms with E-state index in [9.17, 15) is 0 Å². The van der Waals surface area contributed by atoms with E-state index >= 15 is 0 Å². The van der Waals surface area contributed by atoms with Crippen molar-refractivity contribution in [1.29, 1.82) is 0 Å². The number of benzene rings is 1. The molecule has 0 bridgehead atoms. The van der Waals surface area contributed by atoms with Gasteiger partial charge in [0.05, 0.1) is 0 Å². The van der Waals surface area contributed by atoms with Crippen molar-refractivity contribution in [3.63, 3.8) is 0 Å². The third-order valence-corrected chi connectivity index (χ3v) is 3.05. The van der Waals surface area contributed by atoms with Crippen LogP contribution in [0, 0.1) is 0 Å². The van der Waals surface area contributed by atoms with Crippen LogP contribution >= 0.6 is 11.8 Å². The third kappa shape index (κ3) is 2.37. The molecule has 0 fully saturated rings. The molecule has 2 aromatic rings. The molecule has 1 aromatic carbocycles. The second-order valence-corrected chi connectivity index (χ2v) is 4.22. The van der Waals surface area contributed by atoms with E-state index in [0.29, 0.717) is 6.54 Å². The fourth-order valence-corrected chi connectivity index (χ4v) is 2.05. The number of nitrogens with two attached hydrogens (primary N) is 1. The van der Waals surface area contributed by atoms with Crippen molar-refractivity contribution in [3.05, 3.63) is 36.2 Å². The zero-order valence-electron chi connectivity index (χ0n) is 8.42. The highest BCUT2D eigenvalue weighted by Gasteiger charge is 2.03. The predicted molar refractivity (Wildman–Crippen MR) is 59.5 cm³/mol. The van der Waals surface area contributed by atoms with Gasteiger partial charge in [-0.05, 0) is 29.5 Å². The maximum absolute atomic E-state index is 5.58. The average Bonchev–Trinajstić information content (AvgIpc) is 2.65. The van der Waals surface area contributed by atoms with E-state index in [2.05, 4.69) is 16.3 Å². The number of hydrogen-bond acceptors (Lipinski definition) is 4. The van der Waals surface area contributed by atoms with Crippen LogP contribution in [0.4, 0.5) is 0 Å². The van der Waals surface area contributed by atoms with Crippen molar-refractivity contribution in [2.24, 2.45) is 12.8 Å². The van der Waals surface area contributed by atoms with Gasteiger partial charge in [0.15, 0.2) is 5.16 Å². The molecule has 0 aliphatic carbocycles. The zero-order chi connectivity index (χ0) is 10.7. The molecule has 1 heterocycles. The first-order chi connectivity index (χ1) is 7.29. The van der Waals surface area contributed by atoms with E-state index in [-0.39, 0.29) is 0 Å². The molecule has 0 atom stereocenters. The van der Waals surface area contributed by atoms with Crippen LogP contribution in [-0.4, -0.2) is 14.8 Å². The minimum absolute atomic E-state index is 0.563. The third-order valence-electron chi connectivity index (χ3n) is 2.01. The largest absolute Gasteiger partial charge is 0.326 e. The Morgan fingerprint density at radius 2 is 2.33 bits per heavy atom. The van der Waals surface area contributed by atoms with E-state index in [1.807, 2.05) is 29.8 Å². The minimum atomic E-state index is 0.563. The van der Waals surface area contributed by atoms with Gasteiger partial charge in [-0.15, -0.1) is 10.2 Å². The predicted octanol–water partition coefficient (Wildman–Crippen LogP) is 1.42. The molecular formula is C10H12N4S. The van der Waals surface area contributed by atoms with Crippen molar-refractivity contribution in [2.45, 2.75) is 16.6 Å². The summed E-state index contributed by atoms with van der Waals surface area (Å²) in [5, 5.41) is 8.72. The summed E-state index contributed by atoms with van der Waals surface area (Å²) in [5.41, 5.74) is 6.71. The molecule has 0 saturated carbocycles. The zero-order valence-corrected chi connectivity index (χ0v) is 9.24. The summed E-state index contributed by atoms with van der Waals surface area (Å²) < 4.78 is 1.89. The summed E-state index contributed by atoms with van der Waals surface area (Å²) >= 11 is 1.58. The Morgan fingerprint density at radius 3 is 3.00 bits per heavy atom. The summed E-state index contributed by atoms with van der Waals surface area (Å²) in [4.78, 5) is 1.13. The fraction of sp³-hybridized carbons (Fsp3) is 0.200. The smallest absolute Gasteiger partial charge is 0.195 e. The SMILES string of the molecule is Cn1cnnc1Sc1cccc(CN)c1. The van der Waals surface area contributed by atoms with E-state index in [4.69, 9.17) is 5.73 Å². The van der Waals surface area contributed by atoms with Gasteiger partial charge < -0.3 is 10.3 Å². The number of rotatable bonds is 3. The maximum Gasteiger partial charge on any atom is 0.195 e. The number of aryl methyl sites for hydroxylation is 1. The van der Waals surface area contributed by atoms with Crippen LogP contribution in [0.3, 0.4) is 0 Å². The molecule has 2 N–H and O–H groups in total. The van der Waals surface area contributed by atoms with Crippen LogP contribution in [0.15, 0.2) is 40.6 Å². The second-order valence-electron chi connectivity index (χ2n) is 3.18. The standard InChI is InChI=1S/C10H12N4S/c1-14-7-12-13-10(14)15-9-4-2-3-8(5-9)6-11/h2-5,7H,6,11H2,1H3. The highest BCUT2D eigenvalue weighted by molar-refractivity contribution is 7.99. The molecule has 0 aliphatic rings. The first kappa shape index (κ1) is 10.2. The lowest BCUT2D eigenvalue weighted by molar-refractivity contribution is 0.788. The van der Waals surface area contributed by atoms with Crippen LogP contribution in [0.5, 0.6) is 0 Å². The van der Waals surface area contributed by atoms with Gasteiger partial charge in [0.25, 0.3) is 0 Å².